The van der Waals surface area contributed by atoms with Crippen molar-refractivity contribution in [2.24, 2.45) is 0 Å². The van der Waals surface area contributed by atoms with Crippen LogP contribution in [-0.2, 0) is 9.47 Å². The Labute approximate surface area is 244 Å². The molecule has 0 radical (unpaired) electrons. The third-order valence-electron chi connectivity index (χ3n) is 7.39. The normalized spacial score (nSPS) is 17.6. The first-order chi connectivity index (χ1) is 20.6. The highest BCUT2D eigenvalue weighted by Crippen LogP contribution is 2.24. The molecule has 3 N–H and O–H groups in total. The lowest BCUT2D eigenvalue weighted by Gasteiger charge is -2.30. The van der Waals surface area contributed by atoms with Gasteiger partial charge in [0.25, 0.3) is 5.91 Å². The number of nitrogens with one attached hydrogen (secondary N) is 3. The van der Waals surface area contributed by atoms with Gasteiger partial charge < -0.3 is 40.1 Å². The Bertz CT molecular complexity index is 1330. The highest BCUT2D eigenvalue weighted by Gasteiger charge is 2.22. The molecular weight excluding hydrogens is 538 g/mol. The first kappa shape index (κ1) is 27.8. The number of morpholine rings is 2. The summed E-state index contributed by atoms with van der Waals surface area (Å²) < 4.78 is 11.0. The van der Waals surface area contributed by atoms with Gasteiger partial charge >= 0.3 is 6.03 Å². The molecule has 3 saturated heterocycles. The van der Waals surface area contributed by atoms with Gasteiger partial charge in [0.05, 0.1) is 26.4 Å². The van der Waals surface area contributed by atoms with Gasteiger partial charge in [-0.05, 0) is 48.5 Å². The van der Waals surface area contributed by atoms with Crippen LogP contribution in [0.15, 0.2) is 48.5 Å². The molecule has 220 valence electrons. The number of benzene rings is 2. The minimum absolute atomic E-state index is 0.0000928. The molecule has 3 aromatic rings. The summed E-state index contributed by atoms with van der Waals surface area (Å²) >= 11 is 0. The van der Waals surface area contributed by atoms with E-state index < -0.39 is 0 Å². The zero-order valence-corrected chi connectivity index (χ0v) is 23.4. The van der Waals surface area contributed by atoms with Crippen molar-refractivity contribution in [3.05, 3.63) is 54.1 Å². The van der Waals surface area contributed by atoms with Gasteiger partial charge in [-0.2, -0.15) is 15.0 Å². The first-order valence-corrected chi connectivity index (χ1v) is 14.3. The Morgan fingerprint density at radius 2 is 1.17 bits per heavy atom. The van der Waals surface area contributed by atoms with Crippen molar-refractivity contribution in [2.75, 3.05) is 99.2 Å². The van der Waals surface area contributed by atoms with E-state index in [-0.39, 0.29) is 11.9 Å². The predicted molar refractivity (Wildman–Crippen MR) is 159 cm³/mol. The maximum absolute atomic E-state index is 12.7. The molecule has 0 atom stereocenters. The quantitative estimate of drug-likeness (QED) is 0.401. The highest BCUT2D eigenvalue weighted by molar-refractivity contribution is 6.00. The Hall–Kier alpha value is -4.33. The van der Waals surface area contributed by atoms with Crippen molar-refractivity contribution in [1.29, 1.82) is 0 Å². The third kappa shape index (κ3) is 6.75. The second-order valence-corrected chi connectivity index (χ2v) is 10.2. The topological polar surface area (TPSA) is 137 Å². The number of urea groups is 1. The number of hydrogen-bond acceptors (Lipinski definition) is 10. The SMILES string of the molecule is O=C(Nc1ccc(C(=O)N2CCNCC2)cc1)Nc1ccc(-c2nc(N3CCOCC3)nc(N3CCOCC3)n2)cc1. The van der Waals surface area contributed by atoms with Crippen LogP contribution in [0, 0.1) is 0 Å². The average Bonchev–Trinajstić information content (AvgIpc) is 3.06. The van der Waals surface area contributed by atoms with Crippen LogP contribution in [0.3, 0.4) is 0 Å². The van der Waals surface area contributed by atoms with E-state index in [1.54, 1.807) is 24.3 Å². The summed E-state index contributed by atoms with van der Waals surface area (Å²) in [6, 6.07) is 14.0. The summed E-state index contributed by atoms with van der Waals surface area (Å²) in [5.74, 6) is 1.83. The molecule has 13 heteroatoms. The molecule has 0 unspecified atom stereocenters. The van der Waals surface area contributed by atoms with Crippen LogP contribution in [0.1, 0.15) is 10.4 Å². The van der Waals surface area contributed by atoms with E-state index in [4.69, 9.17) is 24.4 Å². The summed E-state index contributed by atoms with van der Waals surface area (Å²) in [4.78, 5) is 45.7. The molecular formula is C29H35N9O4. The maximum Gasteiger partial charge on any atom is 0.323 e. The molecule has 0 aliphatic carbocycles. The Kier molecular flexibility index (Phi) is 8.68. The van der Waals surface area contributed by atoms with Crippen LogP contribution in [0.4, 0.5) is 28.1 Å². The van der Waals surface area contributed by atoms with E-state index in [1.807, 2.05) is 29.2 Å². The first-order valence-electron chi connectivity index (χ1n) is 14.3. The number of nitrogens with zero attached hydrogens (tertiary/aromatic N) is 6. The van der Waals surface area contributed by atoms with Crippen LogP contribution in [0.2, 0.25) is 0 Å². The van der Waals surface area contributed by atoms with Crippen molar-refractivity contribution in [1.82, 2.24) is 25.2 Å². The van der Waals surface area contributed by atoms with Crippen molar-refractivity contribution in [2.45, 2.75) is 0 Å². The minimum Gasteiger partial charge on any atom is -0.378 e. The fraction of sp³-hybridized carbons (Fsp3) is 0.414. The van der Waals surface area contributed by atoms with E-state index in [9.17, 15) is 9.59 Å². The largest absolute Gasteiger partial charge is 0.378 e. The number of ether oxygens (including phenoxy) is 2. The number of carbonyl (C=O) groups is 2. The number of aromatic nitrogens is 3. The van der Waals surface area contributed by atoms with E-state index in [0.29, 0.717) is 74.2 Å². The summed E-state index contributed by atoms with van der Waals surface area (Å²) in [7, 11) is 0. The molecule has 3 aliphatic heterocycles. The monoisotopic (exact) mass is 573 g/mol. The van der Waals surface area contributed by atoms with Crippen molar-refractivity contribution < 1.29 is 19.1 Å². The van der Waals surface area contributed by atoms with Crippen molar-refractivity contribution in [3.8, 4) is 11.4 Å². The second kappa shape index (κ2) is 13.1. The lowest BCUT2D eigenvalue weighted by Crippen LogP contribution is -2.46. The van der Waals surface area contributed by atoms with Crippen molar-refractivity contribution >= 4 is 35.2 Å². The van der Waals surface area contributed by atoms with Crippen LogP contribution < -0.4 is 25.8 Å². The maximum atomic E-state index is 12.7. The molecule has 4 heterocycles. The second-order valence-electron chi connectivity index (χ2n) is 10.2. The lowest BCUT2D eigenvalue weighted by atomic mass is 10.1. The number of rotatable bonds is 6. The van der Waals surface area contributed by atoms with Crippen LogP contribution in [-0.4, -0.2) is 111 Å². The molecule has 0 saturated carbocycles. The average molecular weight is 574 g/mol. The molecule has 3 amide bonds. The van der Waals surface area contributed by atoms with Gasteiger partial charge in [-0.15, -0.1) is 0 Å². The van der Waals surface area contributed by atoms with Crippen LogP contribution in [0.25, 0.3) is 11.4 Å². The van der Waals surface area contributed by atoms with E-state index in [1.165, 1.54) is 0 Å². The number of carbonyl (C=O) groups excluding carboxylic acids is 2. The molecule has 13 nitrogen and oxygen atoms in total. The van der Waals surface area contributed by atoms with Crippen LogP contribution in [0.5, 0.6) is 0 Å². The van der Waals surface area contributed by atoms with Gasteiger partial charge in [0.2, 0.25) is 11.9 Å². The Morgan fingerprint density at radius 1 is 0.667 bits per heavy atom. The summed E-state index contributed by atoms with van der Waals surface area (Å²) in [6.07, 6.45) is 0. The van der Waals surface area contributed by atoms with Crippen molar-refractivity contribution in [3.63, 3.8) is 0 Å². The standard InChI is InChI=1S/C29H35N9O4/c39-26(36-11-9-30-10-12-36)22-3-7-24(8-4-22)32-29(40)31-23-5-1-21(2-6-23)25-33-27(37-13-17-41-18-14-37)35-28(34-25)38-15-19-42-20-16-38/h1-8,30H,9-20H2,(H2,31,32,40). The highest BCUT2D eigenvalue weighted by atomic mass is 16.5. The molecule has 6 rings (SSSR count). The molecule has 42 heavy (non-hydrogen) atoms. The summed E-state index contributed by atoms with van der Waals surface area (Å²) in [5.41, 5.74) is 2.64. The smallest absolute Gasteiger partial charge is 0.323 e. The Morgan fingerprint density at radius 3 is 1.69 bits per heavy atom. The molecule has 3 aliphatic rings. The van der Waals surface area contributed by atoms with Gasteiger partial charge in [0, 0.05) is 74.9 Å². The van der Waals surface area contributed by atoms with Gasteiger partial charge in [-0.3, -0.25) is 4.79 Å². The summed E-state index contributed by atoms with van der Waals surface area (Å²) in [5, 5.41) is 8.92. The zero-order chi connectivity index (χ0) is 28.7. The van der Waals surface area contributed by atoms with Gasteiger partial charge in [0.1, 0.15) is 0 Å². The number of piperazine rings is 1. The van der Waals surface area contributed by atoms with Gasteiger partial charge in [-0.25, -0.2) is 4.79 Å². The molecule has 0 bridgehead atoms. The minimum atomic E-state index is -0.381. The van der Waals surface area contributed by atoms with E-state index in [0.717, 1.165) is 44.8 Å². The van der Waals surface area contributed by atoms with Gasteiger partial charge in [0.15, 0.2) is 5.82 Å². The van der Waals surface area contributed by atoms with E-state index >= 15 is 0 Å². The number of anilines is 4. The molecule has 3 fully saturated rings. The molecule has 0 spiro atoms. The van der Waals surface area contributed by atoms with E-state index in [2.05, 4.69) is 25.8 Å². The molecule has 2 aromatic carbocycles. The molecule has 1 aromatic heterocycles. The summed E-state index contributed by atoms with van der Waals surface area (Å²) in [6.45, 7) is 8.40. The Balaban J connectivity index is 1.11. The predicted octanol–water partition coefficient (Wildman–Crippen LogP) is 1.90. The fourth-order valence-corrected chi connectivity index (χ4v) is 5.04. The van der Waals surface area contributed by atoms with Gasteiger partial charge in [-0.1, -0.05) is 0 Å². The number of hydrogen-bond donors (Lipinski definition) is 3. The number of amides is 3. The third-order valence-corrected chi connectivity index (χ3v) is 7.39. The lowest BCUT2D eigenvalue weighted by molar-refractivity contribution is 0.0736. The van der Waals surface area contributed by atoms with Crippen LogP contribution >= 0.6 is 0 Å². The fourth-order valence-electron chi connectivity index (χ4n) is 5.04. The zero-order valence-electron chi connectivity index (χ0n) is 23.4.